The van der Waals surface area contributed by atoms with Crippen molar-refractivity contribution in [2.24, 2.45) is 0 Å². The minimum absolute atomic E-state index is 0.775. The van der Waals surface area contributed by atoms with E-state index in [2.05, 4.69) is 301 Å². The predicted molar refractivity (Wildman–Crippen MR) is 363 cm³/mol. The van der Waals surface area contributed by atoms with Crippen LogP contribution in [0.25, 0.3) is 32.3 Å². The van der Waals surface area contributed by atoms with Gasteiger partial charge < -0.3 is 0 Å². The van der Waals surface area contributed by atoms with Gasteiger partial charge in [-0.2, -0.15) is 0 Å². The van der Waals surface area contributed by atoms with Crippen LogP contribution in [-0.2, 0) is 0 Å². The standard InChI is InChI=1S/3C12H12.3C8H10.C7H9N.C6H8N2.C5H7N3/c1-9-3-5-12-8-10(2)4-6-11(12)7-9;1-9-5-3-8-12-10(2)6-4-7-11(9)12;1-9-7-8-10(2)12-6-4-3-5-11(9)12;1-7-3-5-8(2)6-4-7;1-7-4-3-5-8(2)6-7;1-7-5-3-4-6-8(7)2;1-6-3-4-7(2)8-5-6;1-5-3-6(2)8-4-7-5;1-4-6-3-7-5(2)8-4/h3*3-8H,1-2H3;3*3-6H,1-2H3;3-5H,1-2H3;3-4H,1-2H3;3H,1-2H3. The molecule has 0 saturated heterocycles. The number of rotatable bonds is 0. The maximum atomic E-state index is 4.08. The van der Waals surface area contributed by atoms with Crippen LogP contribution in [0.1, 0.15) is 101 Å². The molecule has 0 N–H and O–H groups in total. The molecule has 432 valence electrons. The number of hydrogen-bond acceptors (Lipinski definition) is 6. The van der Waals surface area contributed by atoms with Crippen molar-refractivity contribution in [2.75, 3.05) is 0 Å². The summed E-state index contributed by atoms with van der Waals surface area (Å²) in [7, 11) is 0. The number of aromatic nitrogens is 6. The number of aryl methyl sites for hydroxylation is 18. The van der Waals surface area contributed by atoms with Crippen LogP contribution < -0.4 is 0 Å². The molecule has 84 heavy (non-hydrogen) atoms. The molecule has 6 nitrogen and oxygen atoms in total. The fraction of sp³-hybridized carbons (Fsp3) is 0.231. The Balaban J connectivity index is 0.000000204. The zero-order valence-corrected chi connectivity index (χ0v) is 53.5. The number of benzene rings is 9. The minimum atomic E-state index is 0.775. The highest BCUT2D eigenvalue weighted by molar-refractivity contribution is 5.89. The quantitative estimate of drug-likeness (QED) is 0.151. The highest BCUT2D eigenvalue weighted by atomic mass is 15.0. The van der Waals surface area contributed by atoms with Gasteiger partial charge in [0.15, 0.2) is 0 Å². The van der Waals surface area contributed by atoms with Gasteiger partial charge in [0, 0.05) is 23.3 Å². The molecule has 0 fully saturated rings. The Morgan fingerprint density at radius 3 is 0.869 bits per heavy atom. The lowest BCUT2D eigenvalue weighted by molar-refractivity contribution is 0.920. The molecule has 0 aliphatic carbocycles. The number of fused-ring (bicyclic) bond motifs is 3. The smallest absolute Gasteiger partial charge is 0.129 e. The van der Waals surface area contributed by atoms with Crippen LogP contribution in [0.15, 0.2) is 219 Å². The lowest BCUT2D eigenvalue weighted by Gasteiger charge is -2.03. The first-order valence-corrected chi connectivity index (χ1v) is 28.8. The average Bonchev–Trinajstić information content (AvgIpc) is 3.57. The minimum Gasteiger partial charge on any atom is -0.261 e. The first kappa shape index (κ1) is 67.5. The molecular formula is C78H90N6. The molecular weight excluding hydrogens is 1020 g/mol. The van der Waals surface area contributed by atoms with Gasteiger partial charge in [0.2, 0.25) is 0 Å². The molecule has 0 unspecified atom stereocenters. The van der Waals surface area contributed by atoms with Crippen molar-refractivity contribution in [1.29, 1.82) is 0 Å². The largest absolute Gasteiger partial charge is 0.261 e. The molecule has 12 aromatic rings. The van der Waals surface area contributed by atoms with E-state index < -0.39 is 0 Å². The van der Waals surface area contributed by atoms with E-state index >= 15 is 0 Å². The molecule has 3 aromatic heterocycles. The van der Waals surface area contributed by atoms with Crippen LogP contribution in [0.5, 0.6) is 0 Å². The van der Waals surface area contributed by atoms with E-state index in [9.17, 15) is 0 Å². The van der Waals surface area contributed by atoms with Crippen molar-refractivity contribution in [3.8, 4) is 0 Å². The summed E-state index contributed by atoms with van der Waals surface area (Å²) < 4.78 is 0. The van der Waals surface area contributed by atoms with Crippen molar-refractivity contribution < 1.29 is 0 Å². The third-order valence-corrected chi connectivity index (χ3v) is 13.5. The third-order valence-electron chi connectivity index (χ3n) is 13.5. The molecule has 0 bridgehead atoms. The molecule has 0 atom stereocenters. The molecule has 6 heteroatoms. The second-order valence-electron chi connectivity index (χ2n) is 21.6. The fourth-order valence-electron chi connectivity index (χ4n) is 8.43. The number of pyridine rings is 1. The second-order valence-corrected chi connectivity index (χ2v) is 21.6. The van der Waals surface area contributed by atoms with Crippen LogP contribution >= 0.6 is 0 Å². The molecule has 0 radical (unpaired) electrons. The van der Waals surface area contributed by atoms with Gasteiger partial charge in [-0.3, -0.25) is 4.98 Å². The summed E-state index contributed by atoms with van der Waals surface area (Å²) in [5, 5.41) is 8.16. The summed E-state index contributed by atoms with van der Waals surface area (Å²) in [6.45, 7) is 37.1. The van der Waals surface area contributed by atoms with Gasteiger partial charge in [-0.1, -0.05) is 221 Å². The van der Waals surface area contributed by atoms with Crippen LogP contribution in [-0.4, -0.2) is 29.9 Å². The maximum absolute atomic E-state index is 4.08. The number of nitrogens with zero attached hydrogens (tertiary/aromatic N) is 6. The van der Waals surface area contributed by atoms with Crippen LogP contribution in [0.4, 0.5) is 0 Å². The second kappa shape index (κ2) is 35.8. The Bertz CT molecular complexity index is 3460. The zero-order chi connectivity index (χ0) is 61.6. The maximum Gasteiger partial charge on any atom is 0.129 e. The topological polar surface area (TPSA) is 77.3 Å². The summed E-state index contributed by atoms with van der Waals surface area (Å²) in [4.78, 5) is 23.5. The van der Waals surface area contributed by atoms with Gasteiger partial charge in [0.25, 0.3) is 0 Å². The molecule has 3 heterocycles. The molecule has 0 aliphatic rings. The van der Waals surface area contributed by atoms with E-state index in [0.717, 1.165) is 28.7 Å². The molecule has 0 amide bonds. The van der Waals surface area contributed by atoms with Crippen molar-refractivity contribution in [1.82, 2.24) is 29.9 Å². The average molecular weight is 1110 g/mol. The lowest BCUT2D eigenvalue weighted by Crippen LogP contribution is -1.91. The van der Waals surface area contributed by atoms with Gasteiger partial charge in [-0.15, -0.1) is 0 Å². The Labute approximate surface area is 504 Å². The normalized spacial score (nSPS) is 9.79. The monoisotopic (exact) mass is 1110 g/mol. The van der Waals surface area contributed by atoms with E-state index in [1.54, 1.807) is 6.33 Å². The fourth-order valence-corrected chi connectivity index (χ4v) is 8.43. The van der Waals surface area contributed by atoms with Gasteiger partial charge in [-0.05, 0) is 208 Å². The third kappa shape index (κ3) is 25.4. The van der Waals surface area contributed by atoms with Crippen LogP contribution in [0.2, 0.25) is 0 Å². The van der Waals surface area contributed by atoms with Crippen molar-refractivity contribution in [3.63, 3.8) is 0 Å². The van der Waals surface area contributed by atoms with Crippen molar-refractivity contribution >= 4 is 32.3 Å². The molecule has 0 spiro atoms. The van der Waals surface area contributed by atoms with E-state index in [4.69, 9.17) is 0 Å². The Hall–Kier alpha value is -9.00. The first-order chi connectivity index (χ1) is 40.1. The van der Waals surface area contributed by atoms with Gasteiger partial charge in [-0.25, -0.2) is 24.9 Å². The first-order valence-electron chi connectivity index (χ1n) is 28.8. The van der Waals surface area contributed by atoms with E-state index in [1.165, 1.54) is 111 Å². The van der Waals surface area contributed by atoms with E-state index in [0.29, 0.717) is 0 Å². The van der Waals surface area contributed by atoms with Gasteiger partial charge in [0.05, 0.1) is 0 Å². The van der Waals surface area contributed by atoms with E-state index in [1.807, 2.05) is 59.9 Å². The lowest BCUT2D eigenvalue weighted by atomic mass is 10.0. The highest BCUT2D eigenvalue weighted by Gasteiger charge is 1.99. The van der Waals surface area contributed by atoms with Crippen molar-refractivity contribution in [2.45, 2.75) is 125 Å². The highest BCUT2D eigenvalue weighted by Crippen LogP contribution is 2.22. The Morgan fingerprint density at radius 1 is 0.214 bits per heavy atom. The summed E-state index contributed by atoms with van der Waals surface area (Å²) in [5.74, 6) is 1.55. The van der Waals surface area contributed by atoms with Crippen LogP contribution in [0, 0.1) is 125 Å². The summed E-state index contributed by atoms with van der Waals surface area (Å²) in [6, 6.07) is 70.2. The van der Waals surface area contributed by atoms with Crippen LogP contribution in [0.3, 0.4) is 0 Å². The molecule has 12 rings (SSSR count). The Kier molecular flexibility index (Phi) is 28.7. The molecule has 9 aromatic carbocycles. The predicted octanol–water partition coefficient (Wildman–Crippen LogP) is 20.6. The SMILES string of the molecule is Cc1cc(C)ncn1.Cc1ccc(C)c2ccccc12.Cc1ccc(C)cc1.Cc1ccc(C)nc1.Cc1ccc2cc(C)ccc2c1.Cc1cccc(C)c1.Cc1cccc2c(C)cccc12.Cc1ccccc1C.Cc1ncnc(C)n1. The zero-order valence-electron chi connectivity index (χ0n) is 53.5. The summed E-state index contributed by atoms with van der Waals surface area (Å²) >= 11 is 0. The van der Waals surface area contributed by atoms with Crippen molar-refractivity contribution in [3.05, 3.63) is 320 Å². The number of hydrogen-bond donors (Lipinski definition) is 0. The van der Waals surface area contributed by atoms with Gasteiger partial charge in [0.1, 0.15) is 24.3 Å². The summed E-state index contributed by atoms with van der Waals surface area (Å²) in [6.07, 6.45) is 4.96. The Morgan fingerprint density at radius 2 is 0.548 bits per heavy atom. The van der Waals surface area contributed by atoms with E-state index in [-0.39, 0.29) is 0 Å². The molecule has 0 saturated carbocycles. The summed E-state index contributed by atoms with van der Waals surface area (Å²) in [5.41, 5.74) is 20.5. The van der Waals surface area contributed by atoms with Gasteiger partial charge >= 0.3 is 0 Å². The molecule has 0 aliphatic heterocycles.